The van der Waals surface area contributed by atoms with Gasteiger partial charge in [0.1, 0.15) is 11.5 Å². The fourth-order valence-corrected chi connectivity index (χ4v) is 3.05. The average Bonchev–Trinajstić information content (AvgIpc) is 2.89. The molecule has 0 saturated carbocycles. The molecule has 2 aromatic heterocycles. The van der Waals surface area contributed by atoms with E-state index in [0.29, 0.717) is 33.0 Å². The van der Waals surface area contributed by atoms with Crippen LogP contribution in [0.4, 0.5) is 4.39 Å². The largest absolute Gasteiger partial charge is 0.335 e. The van der Waals surface area contributed by atoms with Crippen LogP contribution in [0.5, 0.6) is 0 Å². The van der Waals surface area contributed by atoms with Gasteiger partial charge in [0.2, 0.25) is 11.0 Å². The van der Waals surface area contributed by atoms with E-state index >= 15 is 0 Å². The third-order valence-corrected chi connectivity index (χ3v) is 4.29. The van der Waals surface area contributed by atoms with Gasteiger partial charge >= 0.3 is 0 Å². The molecule has 0 atom stereocenters. The van der Waals surface area contributed by atoms with Gasteiger partial charge in [0.05, 0.1) is 0 Å². The van der Waals surface area contributed by atoms with Crippen LogP contribution < -0.4 is 5.84 Å². The Kier molecular flexibility index (Phi) is 4.26. The Labute approximate surface area is 135 Å². The zero-order valence-electron chi connectivity index (χ0n) is 11.3. The maximum absolute atomic E-state index is 13.7. The van der Waals surface area contributed by atoms with Gasteiger partial charge in [0.25, 0.3) is 0 Å². The van der Waals surface area contributed by atoms with Gasteiger partial charge in [-0.3, -0.25) is 4.98 Å². The Morgan fingerprint density at radius 1 is 1.18 bits per heavy atom. The number of aromatic nitrogens is 4. The third-order valence-electron chi connectivity index (χ3n) is 2.97. The van der Waals surface area contributed by atoms with Crippen LogP contribution in [0.2, 0.25) is 5.02 Å². The zero-order chi connectivity index (χ0) is 15.5. The molecule has 0 saturated heterocycles. The van der Waals surface area contributed by atoms with Crippen LogP contribution in [0.15, 0.2) is 47.8 Å². The van der Waals surface area contributed by atoms with Crippen molar-refractivity contribution in [1.29, 1.82) is 0 Å². The lowest BCUT2D eigenvalue weighted by molar-refractivity contribution is 0.617. The molecule has 3 rings (SSSR count). The summed E-state index contributed by atoms with van der Waals surface area (Å²) in [5.74, 6) is 6.38. The number of thioether (sulfide) groups is 1. The minimum Gasteiger partial charge on any atom is -0.335 e. The Morgan fingerprint density at radius 2 is 2.05 bits per heavy atom. The first-order valence-electron chi connectivity index (χ1n) is 6.34. The molecule has 0 aliphatic rings. The lowest BCUT2D eigenvalue weighted by atomic mass is 10.2. The zero-order valence-corrected chi connectivity index (χ0v) is 12.9. The molecule has 5 nitrogen and oxygen atoms in total. The van der Waals surface area contributed by atoms with Crippen LogP contribution in [0.3, 0.4) is 0 Å². The van der Waals surface area contributed by atoms with E-state index < -0.39 is 0 Å². The van der Waals surface area contributed by atoms with Gasteiger partial charge in [0, 0.05) is 22.5 Å². The second kappa shape index (κ2) is 6.33. The molecule has 0 aliphatic heterocycles. The molecule has 0 amide bonds. The number of nitrogen functional groups attached to an aromatic ring is 1. The van der Waals surface area contributed by atoms with Crippen LogP contribution in [0.1, 0.15) is 5.56 Å². The van der Waals surface area contributed by atoms with E-state index in [2.05, 4.69) is 15.2 Å². The Balaban J connectivity index is 1.81. The van der Waals surface area contributed by atoms with Gasteiger partial charge < -0.3 is 5.84 Å². The molecular weight excluding hydrogens is 325 g/mol. The summed E-state index contributed by atoms with van der Waals surface area (Å²) in [5, 5.41) is 8.87. The van der Waals surface area contributed by atoms with Crippen LogP contribution in [0.25, 0.3) is 11.5 Å². The molecule has 22 heavy (non-hydrogen) atoms. The highest BCUT2D eigenvalue weighted by molar-refractivity contribution is 7.98. The fraction of sp³-hybridized carbons (Fsp3) is 0.0714. The van der Waals surface area contributed by atoms with Crippen LogP contribution in [0, 0.1) is 5.82 Å². The van der Waals surface area contributed by atoms with Crippen LogP contribution >= 0.6 is 23.4 Å². The maximum atomic E-state index is 13.7. The van der Waals surface area contributed by atoms with Crippen LogP contribution in [-0.2, 0) is 5.75 Å². The number of hydrogen-bond donors (Lipinski definition) is 1. The summed E-state index contributed by atoms with van der Waals surface area (Å²) in [7, 11) is 0. The first-order chi connectivity index (χ1) is 10.7. The topological polar surface area (TPSA) is 69.6 Å². The van der Waals surface area contributed by atoms with Gasteiger partial charge in [-0.2, -0.15) is 0 Å². The summed E-state index contributed by atoms with van der Waals surface area (Å²) < 4.78 is 15.1. The lowest BCUT2D eigenvalue weighted by Crippen LogP contribution is -2.12. The molecule has 0 unspecified atom stereocenters. The van der Waals surface area contributed by atoms with Gasteiger partial charge in [-0.05, 0) is 24.3 Å². The van der Waals surface area contributed by atoms with Gasteiger partial charge in [-0.1, -0.05) is 35.5 Å². The van der Waals surface area contributed by atoms with Gasteiger partial charge in [0.15, 0.2) is 0 Å². The molecule has 0 bridgehead atoms. The second-order valence-electron chi connectivity index (χ2n) is 4.38. The Bertz CT molecular complexity index is 773. The normalized spacial score (nSPS) is 10.8. The summed E-state index contributed by atoms with van der Waals surface area (Å²) in [4.78, 5) is 4.18. The van der Waals surface area contributed by atoms with E-state index in [1.807, 2.05) is 6.07 Å². The number of hydrogen-bond acceptors (Lipinski definition) is 5. The number of halogens is 2. The van der Waals surface area contributed by atoms with E-state index in [0.717, 1.165) is 0 Å². The molecule has 0 radical (unpaired) electrons. The van der Waals surface area contributed by atoms with E-state index in [1.165, 1.54) is 22.5 Å². The number of rotatable bonds is 4. The molecule has 112 valence electrons. The van der Waals surface area contributed by atoms with Gasteiger partial charge in [-0.25, -0.2) is 9.07 Å². The highest BCUT2D eigenvalue weighted by atomic mass is 35.5. The lowest BCUT2D eigenvalue weighted by Gasteiger charge is -2.05. The predicted molar refractivity (Wildman–Crippen MR) is 84.4 cm³/mol. The molecule has 0 aliphatic carbocycles. The monoisotopic (exact) mass is 335 g/mol. The predicted octanol–water partition coefficient (Wildman–Crippen LogP) is 3.14. The van der Waals surface area contributed by atoms with Crippen molar-refractivity contribution in [2.75, 3.05) is 5.84 Å². The summed E-state index contributed by atoms with van der Waals surface area (Å²) >= 11 is 7.26. The molecule has 1 aromatic carbocycles. The van der Waals surface area contributed by atoms with Crippen molar-refractivity contribution in [2.45, 2.75) is 10.9 Å². The molecule has 8 heteroatoms. The summed E-state index contributed by atoms with van der Waals surface area (Å²) in [6.45, 7) is 0. The van der Waals surface area contributed by atoms with Crippen molar-refractivity contribution in [3.63, 3.8) is 0 Å². The minimum atomic E-state index is -0.354. The highest BCUT2D eigenvalue weighted by Crippen LogP contribution is 2.28. The highest BCUT2D eigenvalue weighted by Gasteiger charge is 2.14. The molecule has 3 aromatic rings. The number of pyridine rings is 1. The van der Waals surface area contributed by atoms with Crippen molar-refractivity contribution >= 4 is 23.4 Å². The van der Waals surface area contributed by atoms with E-state index in [-0.39, 0.29) is 5.82 Å². The first kappa shape index (κ1) is 14.8. The molecular formula is C14H11ClFN5S. The summed E-state index contributed by atoms with van der Waals surface area (Å²) in [6.07, 6.45) is 1.65. The van der Waals surface area contributed by atoms with E-state index in [4.69, 9.17) is 17.4 Å². The molecule has 2 N–H and O–H groups in total. The average molecular weight is 336 g/mol. The summed E-state index contributed by atoms with van der Waals surface area (Å²) in [6, 6.07) is 10.0. The van der Waals surface area contributed by atoms with Crippen molar-refractivity contribution in [3.05, 3.63) is 59.0 Å². The number of nitrogens with zero attached hydrogens (tertiary/aromatic N) is 4. The van der Waals surface area contributed by atoms with E-state index in [1.54, 1.807) is 30.5 Å². The first-order valence-corrected chi connectivity index (χ1v) is 7.71. The SMILES string of the molecule is Nn1c(SCc2c(F)cccc2Cl)nnc1-c1ccccn1. The Morgan fingerprint density at radius 3 is 2.77 bits per heavy atom. The number of nitrogens with two attached hydrogens (primary N) is 1. The fourth-order valence-electron chi connectivity index (χ4n) is 1.85. The molecule has 2 heterocycles. The van der Waals surface area contributed by atoms with Crippen LogP contribution in [-0.4, -0.2) is 19.9 Å². The van der Waals surface area contributed by atoms with Crippen molar-refractivity contribution in [3.8, 4) is 11.5 Å². The third kappa shape index (κ3) is 2.90. The quantitative estimate of drug-likeness (QED) is 0.586. The summed E-state index contributed by atoms with van der Waals surface area (Å²) in [5.41, 5.74) is 1.03. The van der Waals surface area contributed by atoms with Gasteiger partial charge in [-0.15, -0.1) is 10.2 Å². The molecule has 0 spiro atoms. The minimum absolute atomic E-state index is 0.309. The Hall–Kier alpha value is -2.12. The number of benzene rings is 1. The van der Waals surface area contributed by atoms with Crippen molar-refractivity contribution in [1.82, 2.24) is 19.9 Å². The van der Waals surface area contributed by atoms with Crippen molar-refractivity contribution < 1.29 is 4.39 Å². The smallest absolute Gasteiger partial charge is 0.210 e. The van der Waals surface area contributed by atoms with Crippen molar-refractivity contribution in [2.24, 2.45) is 0 Å². The second-order valence-corrected chi connectivity index (χ2v) is 5.73. The molecule has 0 fully saturated rings. The standard InChI is InChI=1S/C14H11ClFN5S/c15-10-4-3-5-11(16)9(10)8-22-14-20-19-13(21(14)17)12-6-1-2-7-18-12/h1-7H,8,17H2. The van der Waals surface area contributed by atoms with E-state index in [9.17, 15) is 4.39 Å². The maximum Gasteiger partial charge on any atom is 0.210 e.